The predicted molar refractivity (Wildman–Crippen MR) is 73.8 cm³/mol. The summed E-state index contributed by atoms with van der Waals surface area (Å²) in [6.07, 6.45) is 0.732. The molecule has 0 aromatic heterocycles. The molecular weight excluding hydrogens is 242 g/mol. The average Bonchev–Trinajstić information content (AvgIpc) is 2.68. The van der Waals surface area contributed by atoms with Gasteiger partial charge in [-0.1, -0.05) is 12.1 Å². The van der Waals surface area contributed by atoms with E-state index in [1.54, 1.807) is 23.9 Å². The molecule has 0 bridgehead atoms. The minimum atomic E-state index is -0.0976. The Balaban J connectivity index is 2.15. The van der Waals surface area contributed by atoms with Crippen molar-refractivity contribution in [3.63, 3.8) is 0 Å². The molecule has 0 radical (unpaired) electrons. The van der Waals surface area contributed by atoms with Crippen molar-refractivity contribution in [3.8, 4) is 0 Å². The summed E-state index contributed by atoms with van der Waals surface area (Å²) < 4.78 is 0. The molecule has 2 N–H and O–H groups in total. The van der Waals surface area contributed by atoms with E-state index >= 15 is 0 Å². The second kappa shape index (κ2) is 5.40. The quantitative estimate of drug-likeness (QED) is 0.855. The summed E-state index contributed by atoms with van der Waals surface area (Å²) in [5.41, 5.74) is 7.52. The highest BCUT2D eigenvalue weighted by molar-refractivity contribution is 5.96. The highest BCUT2D eigenvalue weighted by Gasteiger charge is 2.28. The summed E-state index contributed by atoms with van der Waals surface area (Å²) in [6.45, 7) is 0.546. The predicted octanol–water partition coefficient (Wildman–Crippen LogP) is 0.381. The first-order valence-corrected chi connectivity index (χ1v) is 6.32. The Kier molecular flexibility index (Phi) is 3.85. The van der Waals surface area contributed by atoms with Gasteiger partial charge in [0.05, 0.1) is 6.42 Å². The summed E-state index contributed by atoms with van der Waals surface area (Å²) in [7, 11) is 3.46. The molecule has 0 saturated carbocycles. The lowest BCUT2D eigenvalue weighted by Gasteiger charge is -2.17. The van der Waals surface area contributed by atoms with Crippen molar-refractivity contribution in [1.82, 2.24) is 4.90 Å². The first-order chi connectivity index (χ1) is 8.97. The van der Waals surface area contributed by atoms with E-state index in [4.69, 9.17) is 5.73 Å². The highest BCUT2D eigenvalue weighted by Crippen LogP contribution is 2.22. The molecule has 1 saturated heterocycles. The van der Waals surface area contributed by atoms with E-state index in [9.17, 15) is 9.59 Å². The van der Waals surface area contributed by atoms with E-state index in [0.717, 1.165) is 11.3 Å². The molecule has 2 rings (SSSR count). The zero-order valence-corrected chi connectivity index (χ0v) is 11.3. The molecule has 1 aliphatic rings. The number of rotatable bonds is 3. The molecule has 0 spiro atoms. The number of hydrogen-bond donors (Lipinski definition) is 1. The van der Waals surface area contributed by atoms with Crippen molar-refractivity contribution < 1.29 is 9.59 Å². The lowest BCUT2D eigenvalue weighted by Crippen LogP contribution is -2.28. The van der Waals surface area contributed by atoms with Crippen molar-refractivity contribution in [3.05, 3.63) is 29.8 Å². The number of nitrogens with two attached hydrogens (primary N) is 1. The molecule has 19 heavy (non-hydrogen) atoms. The standard InChI is InChI=1S/C14H19N3O2/c1-16(2)13(18)7-10-4-3-5-12(6-10)17-9-11(15)8-14(17)19/h3-6,11H,7-9,15H2,1-2H3. The minimum Gasteiger partial charge on any atom is -0.349 e. The second-order valence-electron chi connectivity index (χ2n) is 5.10. The third kappa shape index (κ3) is 3.12. The van der Waals surface area contributed by atoms with Crippen LogP contribution in [0.15, 0.2) is 24.3 Å². The number of hydrogen-bond acceptors (Lipinski definition) is 3. The van der Waals surface area contributed by atoms with Crippen LogP contribution in [0, 0.1) is 0 Å². The summed E-state index contributed by atoms with van der Waals surface area (Å²) >= 11 is 0. The maximum Gasteiger partial charge on any atom is 0.228 e. The summed E-state index contributed by atoms with van der Waals surface area (Å²) in [4.78, 5) is 26.7. The van der Waals surface area contributed by atoms with Crippen LogP contribution in [0.5, 0.6) is 0 Å². The Morgan fingerprint density at radius 3 is 2.79 bits per heavy atom. The van der Waals surface area contributed by atoms with Gasteiger partial charge in [0.25, 0.3) is 0 Å². The van der Waals surface area contributed by atoms with Gasteiger partial charge in [0.15, 0.2) is 0 Å². The van der Waals surface area contributed by atoms with Gasteiger partial charge >= 0.3 is 0 Å². The first-order valence-electron chi connectivity index (χ1n) is 6.32. The maximum absolute atomic E-state index is 11.8. The monoisotopic (exact) mass is 261 g/mol. The molecule has 1 aromatic carbocycles. The first kappa shape index (κ1) is 13.5. The van der Waals surface area contributed by atoms with Crippen LogP contribution in [-0.2, 0) is 16.0 Å². The molecule has 0 aliphatic carbocycles. The van der Waals surface area contributed by atoms with E-state index in [1.807, 2.05) is 24.3 Å². The molecule has 2 amide bonds. The Morgan fingerprint density at radius 1 is 1.47 bits per heavy atom. The normalized spacial score (nSPS) is 18.8. The van der Waals surface area contributed by atoms with Crippen LogP contribution < -0.4 is 10.6 Å². The van der Waals surface area contributed by atoms with Crippen LogP contribution >= 0.6 is 0 Å². The Hall–Kier alpha value is -1.88. The van der Waals surface area contributed by atoms with Crippen LogP contribution in [0.4, 0.5) is 5.69 Å². The molecule has 5 nitrogen and oxygen atoms in total. The Labute approximate surface area is 113 Å². The highest BCUT2D eigenvalue weighted by atomic mass is 16.2. The molecule has 1 atom stereocenters. The zero-order valence-electron chi connectivity index (χ0n) is 11.3. The largest absolute Gasteiger partial charge is 0.349 e. The molecule has 1 unspecified atom stereocenters. The number of carbonyl (C=O) groups excluding carboxylic acids is 2. The van der Waals surface area contributed by atoms with E-state index < -0.39 is 0 Å². The van der Waals surface area contributed by atoms with Gasteiger partial charge in [-0.05, 0) is 17.7 Å². The van der Waals surface area contributed by atoms with Gasteiger partial charge in [-0.25, -0.2) is 0 Å². The van der Waals surface area contributed by atoms with E-state index in [1.165, 1.54) is 0 Å². The SMILES string of the molecule is CN(C)C(=O)Cc1cccc(N2CC(N)CC2=O)c1. The van der Waals surface area contributed by atoms with Gasteiger partial charge in [0.1, 0.15) is 0 Å². The molecule has 1 heterocycles. The Bertz CT molecular complexity index is 499. The number of anilines is 1. The molecule has 1 fully saturated rings. The van der Waals surface area contributed by atoms with Crippen molar-refractivity contribution in [2.24, 2.45) is 5.73 Å². The zero-order chi connectivity index (χ0) is 14.0. The smallest absolute Gasteiger partial charge is 0.228 e. The molecule has 102 valence electrons. The number of benzene rings is 1. The molecule has 1 aliphatic heterocycles. The van der Waals surface area contributed by atoms with Crippen LogP contribution in [0.25, 0.3) is 0 Å². The maximum atomic E-state index is 11.8. The van der Waals surface area contributed by atoms with Crippen molar-refractivity contribution in [2.75, 3.05) is 25.5 Å². The fourth-order valence-electron chi connectivity index (χ4n) is 2.15. The van der Waals surface area contributed by atoms with Crippen molar-refractivity contribution in [1.29, 1.82) is 0 Å². The minimum absolute atomic E-state index is 0.0431. The summed E-state index contributed by atoms with van der Waals surface area (Å²) in [5, 5.41) is 0. The fraction of sp³-hybridized carbons (Fsp3) is 0.429. The van der Waals surface area contributed by atoms with E-state index in [-0.39, 0.29) is 17.9 Å². The summed E-state index contributed by atoms with van der Waals surface area (Å²) in [6, 6.07) is 7.42. The third-order valence-electron chi connectivity index (χ3n) is 3.23. The number of amides is 2. The van der Waals surface area contributed by atoms with Gasteiger partial charge in [0, 0.05) is 38.8 Å². The van der Waals surface area contributed by atoms with Gasteiger partial charge in [-0.15, -0.1) is 0 Å². The van der Waals surface area contributed by atoms with Gasteiger partial charge < -0.3 is 15.5 Å². The van der Waals surface area contributed by atoms with Gasteiger partial charge in [-0.2, -0.15) is 0 Å². The van der Waals surface area contributed by atoms with Crippen LogP contribution in [0.2, 0.25) is 0 Å². The lowest BCUT2D eigenvalue weighted by atomic mass is 10.1. The molecular formula is C14H19N3O2. The van der Waals surface area contributed by atoms with E-state index in [0.29, 0.717) is 19.4 Å². The van der Waals surface area contributed by atoms with Gasteiger partial charge in [0.2, 0.25) is 11.8 Å². The van der Waals surface area contributed by atoms with Crippen LogP contribution in [0.3, 0.4) is 0 Å². The second-order valence-corrected chi connectivity index (χ2v) is 5.10. The average molecular weight is 261 g/mol. The van der Waals surface area contributed by atoms with Crippen molar-refractivity contribution in [2.45, 2.75) is 18.9 Å². The third-order valence-corrected chi connectivity index (χ3v) is 3.23. The molecule has 5 heteroatoms. The summed E-state index contributed by atoms with van der Waals surface area (Å²) in [5.74, 6) is 0.0881. The number of likely N-dealkylation sites (N-methyl/N-ethyl adjacent to an activating group) is 1. The number of nitrogens with zero attached hydrogens (tertiary/aromatic N) is 2. The topological polar surface area (TPSA) is 66.6 Å². The van der Waals surface area contributed by atoms with Crippen LogP contribution in [-0.4, -0.2) is 43.4 Å². The van der Waals surface area contributed by atoms with Crippen LogP contribution in [0.1, 0.15) is 12.0 Å². The van der Waals surface area contributed by atoms with E-state index in [2.05, 4.69) is 0 Å². The van der Waals surface area contributed by atoms with Crippen molar-refractivity contribution >= 4 is 17.5 Å². The number of carbonyl (C=O) groups is 2. The van der Waals surface area contributed by atoms with Gasteiger partial charge in [-0.3, -0.25) is 9.59 Å². The molecule has 1 aromatic rings. The Morgan fingerprint density at radius 2 is 2.21 bits per heavy atom. The fourth-order valence-corrected chi connectivity index (χ4v) is 2.15. The lowest BCUT2D eigenvalue weighted by molar-refractivity contribution is -0.128.